The van der Waals surface area contributed by atoms with E-state index in [1.165, 1.54) is 11.2 Å². The van der Waals surface area contributed by atoms with Gasteiger partial charge in [0.25, 0.3) is 11.8 Å². The van der Waals surface area contributed by atoms with Crippen LogP contribution < -0.4 is 21.7 Å². The number of rotatable bonds is 10. The van der Waals surface area contributed by atoms with Crippen LogP contribution in [0.1, 0.15) is 43.1 Å². The third kappa shape index (κ3) is 5.84. The normalized spacial score (nSPS) is 11.5. The zero-order valence-electron chi connectivity index (χ0n) is 21.0. The molecule has 2 heterocycles. The van der Waals surface area contributed by atoms with Crippen molar-refractivity contribution in [3.8, 4) is 0 Å². The van der Waals surface area contributed by atoms with Gasteiger partial charge in [0.15, 0.2) is 5.69 Å². The largest absolute Gasteiger partial charge is 0.467 e. The van der Waals surface area contributed by atoms with Crippen molar-refractivity contribution in [2.24, 2.45) is 5.73 Å². The van der Waals surface area contributed by atoms with Gasteiger partial charge >= 0.3 is 0 Å². The number of furan rings is 1. The SMILES string of the molecule is CN(C)c1ccc([C@H](C(=O)NCc2ccccc2)N(Cc2ccco2)C(=O)c2snc(C(N)=O)c2N)cc1. The Morgan fingerprint density at radius 1 is 1.03 bits per heavy atom. The second-order valence-electron chi connectivity index (χ2n) is 8.74. The van der Waals surface area contributed by atoms with E-state index in [9.17, 15) is 14.4 Å². The Morgan fingerprint density at radius 2 is 1.74 bits per heavy atom. The molecule has 2 aromatic carbocycles. The van der Waals surface area contributed by atoms with Crippen LogP contribution in [0, 0.1) is 0 Å². The van der Waals surface area contributed by atoms with Gasteiger partial charge in [-0.3, -0.25) is 14.4 Å². The molecule has 0 saturated heterocycles. The summed E-state index contributed by atoms with van der Waals surface area (Å²) in [5.41, 5.74) is 13.6. The van der Waals surface area contributed by atoms with Gasteiger partial charge < -0.3 is 31.0 Å². The maximum absolute atomic E-state index is 13.9. The number of hydrogen-bond donors (Lipinski definition) is 3. The zero-order chi connectivity index (χ0) is 27.2. The third-order valence-corrected chi connectivity index (χ3v) is 6.77. The summed E-state index contributed by atoms with van der Waals surface area (Å²) in [5.74, 6) is -1.36. The lowest BCUT2D eigenvalue weighted by atomic mass is 10.0. The number of aromatic nitrogens is 1. The van der Waals surface area contributed by atoms with Crippen molar-refractivity contribution in [1.82, 2.24) is 14.6 Å². The van der Waals surface area contributed by atoms with Gasteiger partial charge in [0.05, 0.1) is 18.5 Å². The number of amides is 3. The molecule has 0 bridgehead atoms. The molecule has 0 aliphatic rings. The van der Waals surface area contributed by atoms with Crippen LogP contribution in [-0.2, 0) is 17.9 Å². The average Bonchev–Trinajstić information content (AvgIpc) is 3.57. The molecule has 0 saturated carbocycles. The van der Waals surface area contributed by atoms with Crippen molar-refractivity contribution in [1.29, 1.82) is 0 Å². The van der Waals surface area contributed by atoms with E-state index in [2.05, 4.69) is 9.69 Å². The summed E-state index contributed by atoms with van der Waals surface area (Å²) in [6.45, 7) is 0.233. The van der Waals surface area contributed by atoms with Crippen LogP contribution in [0.3, 0.4) is 0 Å². The van der Waals surface area contributed by atoms with E-state index in [0.29, 0.717) is 11.3 Å². The van der Waals surface area contributed by atoms with Gasteiger partial charge in [0.1, 0.15) is 16.7 Å². The maximum Gasteiger partial charge on any atom is 0.270 e. The lowest BCUT2D eigenvalue weighted by Crippen LogP contribution is -2.43. The number of benzene rings is 2. The van der Waals surface area contributed by atoms with Gasteiger partial charge in [-0.05, 0) is 46.9 Å². The first-order valence-electron chi connectivity index (χ1n) is 11.7. The second kappa shape index (κ2) is 11.6. The molecule has 11 heteroatoms. The Hall–Kier alpha value is -4.64. The molecular formula is C27H28N6O4S. The number of primary amides is 1. The van der Waals surface area contributed by atoms with Crippen LogP contribution in [0.15, 0.2) is 77.4 Å². The molecule has 0 unspecified atom stereocenters. The molecule has 2 aromatic heterocycles. The highest BCUT2D eigenvalue weighted by Crippen LogP contribution is 2.31. The minimum atomic E-state index is -1.05. The Kier molecular flexibility index (Phi) is 8.07. The molecular weight excluding hydrogens is 504 g/mol. The number of nitrogens with two attached hydrogens (primary N) is 2. The molecule has 0 fully saturated rings. The van der Waals surface area contributed by atoms with E-state index in [0.717, 1.165) is 22.8 Å². The van der Waals surface area contributed by atoms with E-state index in [1.54, 1.807) is 24.3 Å². The third-order valence-electron chi connectivity index (χ3n) is 5.92. The van der Waals surface area contributed by atoms with Crippen LogP contribution in [-0.4, -0.2) is 41.1 Å². The minimum absolute atomic E-state index is 0.0103. The highest BCUT2D eigenvalue weighted by molar-refractivity contribution is 7.09. The summed E-state index contributed by atoms with van der Waals surface area (Å²) in [7, 11) is 3.82. The van der Waals surface area contributed by atoms with Crippen LogP contribution >= 0.6 is 11.5 Å². The Labute approximate surface area is 224 Å². The second-order valence-corrected chi connectivity index (χ2v) is 9.52. The molecule has 196 valence electrons. The van der Waals surface area contributed by atoms with Crippen LogP contribution in [0.2, 0.25) is 0 Å². The highest BCUT2D eigenvalue weighted by Gasteiger charge is 2.35. The van der Waals surface area contributed by atoms with Gasteiger partial charge in [-0.2, -0.15) is 4.37 Å². The number of nitrogen functional groups attached to an aromatic ring is 1. The fraction of sp³-hybridized carbons (Fsp3) is 0.185. The molecule has 4 rings (SSSR count). The Morgan fingerprint density at radius 3 is 2.32 bits per heavy atom. The van der Waals surface area contributed by atoms with Crippen molar-refractivity contribution in [2.75, 3.05) is 24.7 Å². The lowest BCUT2D eigenvalue weighted by Gasteiger charge is -2.31. The molecule has 3 amide bonds. The molecule has 4 aromatic rings. The fourth-order valence-electron chi connectivity index (χ4n) is 3.92. The summed E-state index contributed by atoms with van der Waals surface area (Å²) >= 11 is 0.758. The summed E-state index contributed by atoms with van der Waals surface area (Å²) < 4.78 is 9.48. The molecule has 10 nitrogen and oxygen atoms in total. The van der Waals surface area contributed by atoms with E-state index in [-0.39, 0.29) is 29.3 Å². The van der Waals surface area contributed by atoms with E-state index >= 15 is 0 Å². The number of carbonyl (C=O) groups is 3. The predicted molar refractivity (Wildman–Crippen MR) is 145 cm³/mol. The number of anilines is 2. The van der Waals surface area contributed by atoms with Crippen LogP contribution in [0.5, 0.6) is 0 Å². The first-order valence-corrected chi connectivity index (χ1v) is 12.5. The van der Waals surface area contributed by atoms with E-state index in [1.807, 2.05) is 61.5 Å². The van der Waals surface area contributed by atoms with Crippen molar-refractivity contribution in [3.05, 3.63) is 100 Å². The van der Waals surface area contributed by atoms with Gasteiger partial charge in [-0.15, -0.1) is 0 Å². The number of nitrogens with one attached hydrogen (secondary N) is 1. The summed E-state index contributed by atoms with van der Waals surface area (Å²) in [5, 5.41) is 2.95. The first kappa shape index (κ1) is 26.4. The van der Waals surface area contributed by atoms with Crippen LogP contribution in [0.25, 0.3) is 0 Å². The molecule has 38 heavy (non-hydrogen) atoms. The summed E-state index contributed by atoms with van der Waals surface area (Å²) in [6, 6.07) is 19.2. The van der Waals surface area contributed by atoms with E-state index < -0.39 is 23.8 Å². The van der Waals surface area contributed by atoms with Gasteiger partial charge in [0, 0.05) is 26.3 Å². The van der Waals surface area contributed by atoms with Crippen LogP contribution in [0.4, 0.5) is 11.4 Å². The van der Waals surface area contributed by atoms with Crippen molar-refractivity contribution in [2.45, 2.75) is 19.1 Å². The number of carbonyl (C=O) groups excluding carboxylic acids is 3. The van der Waals surface area contributed by atoms with Gasteiger partial charge in [-0.25, -0.2) is 0 Å². The summed E-state index contributed by atoms with van der Waals surface area (Å²) in [4.78, 5) is 42.7. The van der Waals surface area contributed by atoms with E-state index in [4.69, 9.17) is 15.9 Å². The smallest absolute Gasteiger partial charge is 0.270 e. The standard InChI is InChI=1S/C27H28N6O4S/c1-32(2)19-12-10-18(11-13-19)23(26(35)30-15-17-7-4-3-5-8-17)33(16-20-9-6-14-37-20)27(36)24-21(28)22(25(29)34)31-38-24/h3-14,23H,15-16,28H2,1-2H3,(H2,29,34)(H,30,35)/t23-/m1/s1. The number of nitrogens with zero attached hydrogens (tertiary/aromatic N) is 3. The monoisotopic (exact) mass is 532 g/mol. The molecule has 1 atom stereocenters. The first-order chi connectivity index (χ1) is 18.3. The molecule has 0 aliphatic carbocycles. The van der Waals surface area contributed by atoms with Crippen molar-refractivity contribution < 1.29 is 18.8 Å². The van der Waals surface area contributed by atoms with Gasteiger partial charge in [-0.1, -0.05) is 42.5 Å². The topological polar surface area (TPSA) is 148 Å². The molecule has 0 radical (unpaired) electrons. The fourth-order valence-corrected chi connectivity index (χ4v) is 4.68. The Bertz CT molecular complexity index is 1400. The quantitative estimate of drug-likeness (QED) is 0.284. The highest BCUT2D eigenvalue weighted by atomic mass is 32.1. The molecule has 0 spiro atoms. The summed E-state index contributed by atoms with van der Waals surface area (Å²) in [6.07, 6.45) is 1.49. The van der Waals surface area contributed by atoms with Crippen molar-refractivity contribution >= 4 is 40.6 Å². The van der Waals surface area contributed by atoms with Crippen molar-refractivity contribution in [3.63, 3.8) is 0 Å². The molecule has 5 N–H and O–H groups in total. The maximum atomic E-state index is 13.9. The Balaban J connectivity index is 1.76. The number of hydrogen-bond acceptors (Lipinski definition) is 8. The molecule has 0 aliphatic heterocycles. The minimum Gasteiger partial charge on any atom is -0.467 e. The predicted octanol–water partition coefficient (Wildman–Crippen LogP) is 3.18. The lowest BCUT2D eigenvalue weighted by molar-refractivity contribution is -0.126. The average molecular weight is 533 g/mol. The zero-order valence-corrected chi connectivity index (χ0v) is 21.8. The van der Waals surface area contributed by atoms with Gasteiger partial charge in [0.2, 0.25) is 5.91 Å².